The van der Waals surface area contributed by atoms with Crippen LogP contribution in [0.1, 0.15) is 36.0 Å². The van der Waals surface area contributed by atoms with Crippen molar-refractivity contribution in [3.63, 3.8) is 0 Å². The van der Waals surface area contributed by atoms with E-state index in [1.54, 1.807) is 31.4 Å². The van der Waals surface area contributed by atoms with E-state index in [2.05, 4.69) is 5.32 Å². The summed E-state index contributed by atoms with van der Waals surface area (Å²) in [5.74, 6) is -0.455. The zero-order chi connectivity index (χ0) is 14.1. The second kappa shape index (κ2) is 10.4. The van der Waals surface area contributed by atoms with Gasteiger partial charge < -0.3 is 20.0 Å². The molecule has 1 N–H and O–H groups in total. The molecule has 6 heteroatoms. The molecule has 0 aliphatic heterocycles. The van der Waals surface area contributed by atoms with Crippen LogP contribution in [0.5, 0.6) is 5.75 Å². The Morgan fingerprint density at radius 1 is 1.15 bits per heavy atom. The number of ether oxygens (including phenoxy) is 1. The molecule has 1 rings (SSSR count). The Balaban J connectivity index is 0.00000361. The van der Waals surface area contributed by atoms with Crippen LogP contribution in [0.2, 0.25) is 0 Å². The third-order valence-electron chi connectivity index (χ3n) is 2.70. The molecule has 0 spiro atoms. The van der Waals surface area contributed by atoms with Gasteiger partial charge in [0.05, 0.1) is 7.11 Å². The number of methoxy groups -OCH3 is 1. The molecular formula is C14H18LiNO4. The molecule has 0 aromatic heterocycles. The number of amides is 1. The third kappa shape index (κ3) is 7.22. The molecule has 1 amide bonds. The maximum absolute atomic E-state index is 11.7. The summed E-state index contributed by atoms with van der Waals surface area (Å²) < 4.78 is 5.01. The molecule has 0 aliphatic carbocycles. The smallest absolute Gasteiger partial charge is 0.550 e. The molecule has 1 aromatic carbocycles. The Hall–Kier alpha value is -1.44. The van der Waals surface area contributed by atoms with Crippen molar-refractivity contribution in [3.05, 3.63) is 29.8 Å². The van der Waals surface area contributed by atoms with Gasteiger partial charge in [-0.05, 0) is 43.5 Å². The topological polar surface area (TPSA) is 78.5 Å². The van der Waals surface area contributed by atoms with Crippen LogP contribution in [0.15, 0.2) is 24.3 Å². The molecule has 20 heavy (non-hydrogen) atoms. The van der Waals surface area contributed by atoms with Crippen LogP contribution < -0.4 is 34.0 Å². The average molecular weight is 271 g/mol. The van der Waals surface area contributed by atoms with Gasteiger partial charge in [0.2, 0.25) is 0 Å². The first-order valence-corrected chi connectivity index (χ1v) is 6.25. The average Bonchev–Trinajstić information content (AvgIpc) is 2.42. The molecule has 0 radical (unpaired) electrons. The van der Waals surface area contributed by atoms with Gasteiger partial charge in [0.15, 0.2) is 0 Å². The van der Waals surface area contributed by atoms with Crippen molar-refractivity contribution in [2.24, 2.45) is 0 Å². The summed E-state index contributed by atoms with van der Waals surface area (Å²) in [6.07, 6.45) is 2.18. The molecule has 1 aromatic rings. The maximum Gasteiger partial charge on any atom is 1.00 e. The third-order valence-corrected chi connectivity index (χ3v) is 2.70. The first-order valence-electron chi connectivity index (χ1n) is 6.25. The van der Waals surface area contributed by atoms with E-state index in [1.807, 2.05) is 0 Å². The van der Waals surface area contributed by atoms with Crippen LogP contribution in [0.25, 0.3) is 0 Å². The number of rotatable bonds is 8. The zero-order valence-electron chi connectivity index (χ0n) is 12.0. The zero-order valence-corrected chi connectivity index (χ0v) is 12.0. The minimum Gasteiger partial charge on any atom is -0.550 e. The van der Waals surface area contributed by atoms with Crippen molar-refractivity contribution in [1.29, 1.82) is 0 Å². The predicted octanol–water partition coefficient (Wildman–Crippen LogP) is -2.26. The number of hydrogen-bond donors (Lipinski definition) is 1. The number of carboxylic acids is 1. The summed E-state index contributed by atoms with van der Waals surface area (Å²) in [7, 11) is 1.57. The molecule has 5 nitrogen and oxygen atoms in total. The van der Waals surface area contributed by atoms with Crippen molar-refractivity contribution in [3.8, 4) is 5.75 Å². The van der Waals surface area contributed by atoms with Crippen LogP contribution in [-0.2, 0) is 4.79 Å². The summed E-state index contributed by atoms with van der Waals surface area (Å²) in [4.78, 5) is 21.9. The molecule has 0 atom stereocenters. The number of hydrogen-bond acceptors (Lipinski definition) is 4. The van der Waals surface area contributed by atoms with E-state index < -0.39 is 5.97 Å². The largest absolute Gasteiger partial charge is 1.00 e. The Morgan fingerprint density at radius 3 is 2.35 bits per heavy atom. The van der Waals surface area contributed by atoms with Crippen molar-refractivity contribution in [2.45, 2.75) is 25.7 Å². The van der Waals surface area contributed by atoms with Crippen LogP contribution in [0, 0.1) is 0 Å². The Morgan fingerprint density at radius 2 is 1.80 bits per heavy atom. The standard InChI is InChI=1S/C14H19NO4.Li/c1-19-12-8-6-11(7-9-12)14(18)15-10-4-2-3-5-13(16)17;/h6-9H,2-5,10H2,1H3,(H,15,18)(H,16,17);/q;+1/p-1. The first kappa shape index (κ1) is 18.6. The quantitative estimate of drug-likeness (QED) is 0.427. The van der Waals surface area contributed by atoms with Crippen LogP contribution in [-0.4, -0.2) is 25.5 Å². The molecule has 0 saturated carbocycles. The SMILES string of the molecule is COc1ccc(C(=O)NCCCCCC(=O)[O-])cc1.[Li+]. The summed E-state index contributed by atoms with van der Waals surface area (Å²) in [5, 5.41) is 13.0. The predicted molar refractivity (Wildman–Crippen MR) is 68.8 cm³/mol. The van der Waals surface area contributed by atoms with Crippen molar-refractivity contribution in [2.75, 3.05) is 13.7 Å². The number of carbonyl (C=O) groups excluding carboxylic acids is 2. The van der Waals surface area contributed by atoms with E-state index in [-0.39, 0.29) is 31.2 Å². The second-order valence-electron chi connectivity index (χ2n) is 4.17. The number of carboxylic acid groups (broad SMARTS) is 1. The van der Waals surface area contributed by atoms with Gasteiger partial charge in [-0.25, -0.2) is 0 Å². The molecule has 0 aliphatic rings. The fourth-order valence-electron chi connectivity index (χ4n) is 1.62. The Labute approximate surface area is 130 Å². The van der Waals surface area contributed by atoms with E-state index in [9.17, 15) is 14.7 Å². The minimum absolute atomic E-state index is 0. The van der Waals surface area contributed by atoms with Gasteiger partial charge in [0.1, 0.15) is 5.75 Å². The van der Waals surface area contributed by atoms with Gasteiger partial charge >= 0.3 is 18.9 Å². The van der Waals surface area contributed by atoms with E-state index in [4.69, 9.17) is 4.74 Å². The minimum atomic E-state index is -1.03. The fourth-order valence-corrected chi connectivity index (χ4v) is 1.62. The normalized spacial score (nSPS) is 9.45. The summed E-state index contributed by atoms with van der Waals surface area (Å²) in [6.45, 7) is 0.540. The van der Waals surface area contributed by atoms with Crippen molar-refractivity contribution in [1.82, 2.24) is 5.32 Å². The van der Waals surface area contributed by atoms with Crippen molar-refractivity contribution >= 4 is 11.9 Å². The van der Waals surface area contributed by atoms with Crippen LogP contribution in [0.3, 0.4) is 0 Å². The molecule has 0 fully saturated rings. The molecule has 0 heterocycles. The molecular weight excluding hydrogens is 253 g/mol. The van der Waals surface area contributed by atoms with Crippen LogP contribution >= 0.6 is 0 Å². The monoisotopic (exact) mass is 271 g/mol. The summed E-state index contributed by atoms with van der Waals surface area (Å²) >= 11 is 0. The summed E-state index contributed by atoms with van der Waals surface area (Å²) in [6, 6.07) is 6.86. The number of unbranched alkanes of at least 4 members (excludes halogenated alkanes) is 2. The second-order valence-corrected chi connectivity index (χ2v) is 4.17. The van der Waals surface area contributed by atoms with E-state index >= 15 is 0 Å². The van der Waals surface area contributed by atoms with Gasteiger partial charge in [-0.3, -0.25) is 4.79 Å². The van der Waals surface area contributed by atoms with Crippen molar-refractivity contribution < 1.29 is 38.3 Å². The fraction of sp³-hybridized carbons (Fsp3) is 0.429. The molecule has 104 valence electrons. The van der Waals surface area contributed by atoms with Gasteiger partial charge in [-0.2, -0.15) is 0 Å². The number of nitrogens with one attached hydrogen (secondary N) is 1. The van der Waals surface area contributed by atoms with Gasteiger partial charge in [-0.1, -0.05) is 6.42 Å². The first-order chi connectivity index (χ1) is 9.13. The molecule has 0 unspecified atom stereocenters. The van der Waals surface area contributed by atoms with E-state index in [1.165, 1.54) is 0 Å². The van der Waals surface area contributed by atoms with Crippen LogP contribution in [0.4, 0.5) is 0 Å². The van der Waals surface area contributed by atoms with E-state index in [0.717, 1.165) is 12.8 Å². The number of benzene rings is 1. The Bertz CT molecular complexity index is 420. The molecule has 0 bridgehead atoms. The Kier molecular flexibility index (Phi) is 9.61. The number of aliphatic carboxylic acids is 1. The maximum atomic E-state index is 11.7. The van der Waals surface area contributed by atoms with E-state index in [0.29, 0.717) is 24.3 Å². The molecule has 0 saturated heterocycles. The van der Waals surface area contributed by atoms with Gasteiger partial charge in [-0.15, -0.1) is 0 Å². The van der Waals surface area contributed by atoms with Gasteiger partial charge in [0.25, 0.3) is 5.91 Å². The number of carbonyl (C=O) groups is 2. The summed E-state index contributed by atoms with van der Waals surface area (Å²) in [5.41, 5.74) is 0.579. The van der Waals surface area contributed by atoms with Gasteiger partial charge in [0, 0.05) is 18.1 Å².